The highest BCUT2D eigenvalue weighted by molar-refractivity contribution is 6.04. The molecule has 126 valence electrons. The number of aromatic amines is 1. The van der Waals surface area contributed by atoms with Gasteiger partial charge in [-0.3, -0.25) is 0 Å². The molecular formula is C17H16N6O2. The van der Waals surface area contributed by atoms with Gasteiger partial charge in [-0.2, -0.15) is 4.98 Å². The Bertz CT molecular complexity index is 1070. The number of fused-ring (bicyclic) bond motifs is 3. The minimum atomic E-state index is -0.194. The molecule has 4 aromatic rings. The van der Waals surface area contributed by atoms with Crippen LogP contribution in [0.15, 0.2) is 36.4 Å². The highest BCUT2D eigenvalue weighted by atomic mass is 16.3. The predicted octanol–water partition coefficient (Wildman–Crippen LogP) is 2.49. The zero-order valence-electron chi connectivity index (χ0n) is 13.4. The first kappa shape index (κ1) is 16.2. The number of phenols is 2. The summed E-state index contributed by atoms with van der Waals surface area (Å²) in [5, 5.41) is 33.3. The van der Waals surface area contributed by atoms with E-state index in [1.165, 1.54) is 12.1 Å². The average molecular weight is 336 g/mol. The molecule has 0 radical (unpaired) electrons. The molecule has 8 nitrogen and oxygen atoms in total. The summed E-state index contributed by atoms with van der Waals surface area (Å²) in [7, 11) is 0. The summed E-state index contributed by atoms with van der Waals surface area (Å²) in [6, 6.07) is 10.2. The molecule has 2 aromatic carbocycles. The normalized spacial score (nSPS) is 10.4. The van der Waals surface area contributed by atoms with E-state index in [-0.39, 0.29) is 17.4 Å². The molecule has 0 spiro atoms. The van der Waals surface area contributed by atoms with Gasteiger partial charge in [-0.15, -0.1) is 10.2 Å². The maximum absolute atomic E-state index is 8.88. The van der Waals surface area contributed by atoms with Crippen LogP contribution in [0.2, 0.25) is 0 Å². The van der Waals surface area contributed by atoms with E-state index in [4.69, 9.17) is 21.4 Å². The van der Waals surface area contributed by atoms with Crippen molar-refractivity contribution in [3.05, 3.63) is 47.5 Å². The minimum absolute atomic E-state index is 0.161. The molecule has 25 heavy (non-hydrogen) atoms. The van der Waals surface area contributed by atoms with Crippen LogP contribution in [0.3, 0.4) is 0 Å². The number of aromatic nitrogens is 4. The number of nitrogens with two attached hydrogens (primary N) is 1. The van der Waals surface area contributed by atoms with Crippen molar-refractivity contribution < 1.29 is 10.2 Å². The van der Waals surface area contributed by atoms with Gasteiger partial charge in [0.1, 0.15) is 5.52 Å². The molecule has 0 fully saturated rings. The molecule has 0 bridgehead atoms. The molecule has 4 rings (SSSR count). The van der Waals surface area contributed by atoms with Crippen LogP contribution >= 0.6 is 0 Å². The van der Waals surface area contributed by atoms with Crippen LogP contribution in [0.5, 0.6) is 11.5 Å². The van der Waals surface area contributed by atoms with E-state index in [0.717, 1.165) is 28.2 Å². The maximum atomic E-state index is 8.88. The Morgan fingerprint density at radius 3 is 2.64 bits per heavy atom. The standard InChI is InChI=1S/C10H9N5.C7H7NO2/c1-5-3-2-4-6-7(5)12-9-8(6)14-15-10(11)13-9;8-4-5-1-2-6(9)7(10)3-5/h2-4H,1H3,(H3,11,12,13,15);1-4,8-10H. The van der Waals surface area contributed by atoms with Gasteiger partial charge in [0.15, 0.2) is 17.1 Å². The fourth-order valence-corrected chi connectivity index (χ4v) is 2.39. The molecule has 0 atom stereocenters. The lowest BCUT2D eigenvalue weighted by Crippen LogP contribution is -1.96. The number of nitrogens with zero attached hydrogens (tertiary/aromatic N) is 3. The van der Waals surface area contributed by atoms with Gasteiger partial charge in [0.25, 0.3) is 0 Å². The van der Waals surface area contributed by atoms with Crippen molar-refractivity contribution in [2.45, 2.75) is 6.92 Å². The number of aromatic hydroxyl groups is 2. The third kappa shape index (κ3) is 3.18. The summed E-state index contributed by atoms with van der Waals surface area (Å²) < 4.78 is 0. The van der Waals surface area contributed by atoms with E-state index in [1.54, 1.807) is 6.07 Å². The summed E-state index contributed by atoms with van der Waals surface area (Å²) in [6.07, 6.45) is 1.10. The number of nitrogen functional groups attached to an aromatic ring is 1. The topological polar surface area (TPSA) is 145 Å². The molecule has 0 aliphatic heterocycles. The quantitative estimate of drug-likeness (QED) is 0.267. The molecule has 0 unspecified atom stereocenters. The van der Waals surface area contributed by atoms with E-state index in [0.29, 0.717) is 11.2 Å². The van der Waals surface area contributed by atoms with Crippen LogP contribution in [0.25, 0.3) is 22.1 Å². The largest absolute Gasteiger partial charge is 0.504 e. The molecule has 8 heteroatoms. The van der Waals surface area contributed by atoms with Crippen molar-refractivity contribution >= 4 is 34.2 Å². The Morgan fingerprint density at radius 2 is 1.92 bits per heavy atom. The monoisotopic (exact) mass is 336 g/mol. The number of anilines is 1. The summed E-state index contributed by atoms with van der Waals surface area (Å²) in [6.45, 7) is 2.04. The van der Waals surface area contributed by atoms with Gasteiger partial charge in [0.05, 0.1) is 5.52 Å². The maximum Gasteiger partial charge on any atom is 0.242 e. The third-order valence-electron chi connectivity index (χ3n) is 3.64. The van der Waals surface area contributed by atoms with Gasteiger partial charge < -0.3 is 26.3 Å². The Balaban J connectivity index is 0.000000160. The van der Waals surface area contributed by atoms with Gasteiger partial charge in [-0.25, -0.2) is 0 Å². The predicted molar refractivity (Wildman–Crippen MR) is 96.0 cm³/mol. The van der Waals surface area contributed by atoms with E-state index in [1.807, 2.05) is 25.1 Å². The zero-order valence-corrected chi connectivity index (χ0v) is 13.4. The smallest absolute Gasteiger partial charge is 0.242 e. The van der Waals surface area contributed by atoms with Gasteiger partial charge in [-0.05, 0) is 36.2 Å². The van der Waals surface area contributed by atoms with Crippen LogP contribution in [0, 0.1) is 12.3 Å². The second kappa shape index (κ2) is 6.44. The van der Waals surface area contributed by atoms with E-state index < -0.39 is 0 Å². The lowest BCUT2D eigenvalue weighted by atomic mass is 10.1. The highest BCUT2D eigenvalue weighted by Gasteiger charge is 2.08. The number of nitrogens with one attached hydrogen (secondary N) is 2. The molecular weight excluding hydrogens is 320 g/mol. The van der Waals surface area contributed by atoms with Crippen LogP contribution in [0.4, 0.5) is 5.95 Å². The van der Waals surface area contributed by atoms with Gasteiger partial charge >= 0.3 is 0 Å². The molecule has 0 aliphatic rings. The zero-order chi connectivity index (χ0) is 18.0. The first-order chi connectivity index (χ1) is 12.0. The van der Waals surface area contributed by atoms with Crippen molar-refractivity contribution in [1.29, 1.82) is 5.41 Å². The minimum Gasteiger partial charge on any atom is -0.504 e. The molecule has 2 heterocycles. The molecule has 2 aromatic heterocycles. The number of phenolic OH excluding ortho intramolecular Hbond substituents is 2. The second-order valence-electron chi connectivity index (χ2n) is 5.38. The second-order valence-corrected chi connectivity index (χ2v) is 5.38. The van der Waals surface area contributed by atoms with Gasteiger partial charge in [0, 0.05) is 11.6 Å². The Labute approximate surface area is 142 Å². The number of H-pyrrole nitrogens is 1. The SMILES string of the molecule is Cc1cccc2c1[nH]c1nc(N)nnc12.N=Cc1ccc(O)c(O)c1. The third-order valence-corrected chi connectivity index (χ3v) is 3.64. The summed E-state index contributed by atoms with van der Waals surface area (Å²) >= 11 is 0. The highest BCUT2D eigenvalue weighted by Crippen LogP contribution is 2.24. The first-order valence-electron chi connectivity index (χ1n) is 7.39. The average Bonchev–Trinajstić information content (AvgIpc) is 2.97. The van der Waals surface area contributed by atoms with Crippen LogP contribution < -0.4 is 5.73 Å². The number of rotatable bonds is 1. The van der Waals surface area contributed by atoms with Crippen molar-refractivity contribution in [2.75, 3.05) is 5.73 Å². The van der Waals surface area contributed by atoms with Crippen molar-refractivity contribution in [2.24, 2.45) is 0 Å². The van der Waals surface area contributed by atoms with E-state index >= 15 is 0 Å². The molecule has 0 amide bonds. The van der Waals surface area contributed by atoms with E-state index in [2.05, 4.69) is 20.2 Å². The fourth-order valence-electron chi connectivity index (χ4n) is 2.39. The molecule has 0 saturated carbocycles. The fraction of sp³-hybridized carbons (Fsp3) is 0.0588. The van der Waals surface area contributed by atoms with Gasteiger partial charge in [-0.1, -0.05) is 18.2 Å². The van der Waals surface area contributed by atoms with Crippen LogP contribution in [-0.2, 0) is 0 Å². The number of aryl methyl sites for hydroxylation is 1. The Hall–Kier alpha value is -3.68. The Kier molecular flexibility index (Phi) is 4.17. The lowest BCUT2D eigenvalue weighted by Gasteiger charge is -1.96. The van der Waals surface area contributed by atoms with Crippen molar-refractivity contribution in [3.63, 3.8) is 0 Å². The number of benzene rings is 2. The summed E-state index contributed by atoms with van der Waals surface area (Å²) in [5.41, 5.74) is 9.70. The lowest BCUT2D eigenvalue weighted by molar-refractivity contribution is 0.403. The van der Waals surface area contributed by atoms with E-state index in [9.17, 15) is 0 Å². The van der Waals surface area contributed by atoms with Crippen LogP contribution in [-0.4, -0.2) is 36.6 Å². The molecule has 6 N–H and O–H groups in total. The Morgan fingerprint density at radius 1 is 1.12 bits per heavy atom. The van der Waals surface area contributed by atoms with Crippen molar-refractivity contribution in [3.8, 4) is 11.5 Å². The number of para-hydroxylation sites is 1. The number of hydrogen-bond donors (Lipinski definition) is 5. The van der Waals surface area contributed by atoms with Crippen LogP contribution in [0.1, 0.15) is 11.1 Å². The summed E-state index contributed by atoms with van der Waals surface area (Å²) in [4.78, 5) is 7.30. The van der Waals surface area contributed by atoms with Gasteiger partial charge in [0.2, 0.25) is 5.95 Å². The molecule has 0 saturated heterocycles. The summed E-state index contributed by atoms with van der Waals surface area (Å²) in [5.74, 6) is -0.168. The number of hydrogen-bond acceptors (Lipinski definition) is 7. The van der Waals surface area contributed by atoms with Crippen molar-refractivity contribution in [1.82, 2.24) is 20.2 Å². The first-order valence-corrected chi connectivity index (χ1v) is 7.39. The molecule has 0 aliphatic carbocycles.